The third kappa shape index (κ3) is 2.65. The van der Waals surface area contributed by atoms with Crippen molar-refractivity contribution in [1.82, 2.24) is 5.32 Å². The standard InChI is InChI=1S/C15H20N2O2/c16-8-7-10-1-3-11(4-2-10)15(18)17-13-9-12-5-6-14(13)19-12/h1-4,12-14H,5-9,16H2,(H,17,18). The van der Waals surface area contributed by atoms with Crippen molar-refractivity contribution < 1.29 is 9.53 Å². The molecule has 19 heavy (non-hydrogen) atoms. The van der Waals surface area contributed by atoms with E-state index in [0.29, 0.717) is 18.2 Å². The summed E-state index contributed by atoms with van der Waals surface area (Å²) in [6.07, 6.45) is 4.62. The second-order valence-corrected chi connectivity index (χ2v) is 5.43. The number of fused-ring (bicyclic) bond motifs is 2. The monoisotopic (exact) mass is 260 g/mol. The van der Waals surface area contributed by atoms with E-state index in [4.69, 9.17) is 10.5 Å². The molecule has 3 rings (SSSR count). The lowest BCUT2D eigenvalue weighted by Crippen LogP contribution is -2.41. The molecule has 4 nitrogen and oxygen atoms in total. The van der Waals surface area contributed by atoms with Crippen LogP contribution in [0.25, 0.3) is 0 Å². The van der Waals surface area contributed by atoms with Crippen molar-refractivity contribution in [3.8, 4) is 0 Å². The van der Waals surface area contributed by atoms with Gasteiger partial charge in [-0.1, -0.05) is 12.1 Å². The van der Waals surface area contributed by atoms with Crippen molar-refractivity contribution in [2.75, 3.05) is 6.54 Å². The molecule has 2 aliphatic heterocycles. The third-order valence-corrected chi connectivity index (χ3v) is 4.07. The van der Waals surface area contributed by atoms with Crippen LogP contribution >= 0.6 is 0 Å². The average Bonchev–Trinajstić information content (AvgIpc) is 3.02. The Labute approximate surface area is 113 Å². The van der Waals surface area contributed by atoms with Crippen LogP contribution in [0.15, 0.2) is 24.3 Å². The quantitative estimate of drug-likeness (QED) is 0.856. The number of nitrogens with one attached hydrogen (secondary N) is 1. The van der Waals surface area contributed by atoms with Crippen molar-refractivity contribution in [1.29, 1.82) is 0 Å². The van der Waals surface area contributed by atoms with E-state index in [2.05, 4.69) is 5.32 Å². The van der Waals surface area contributed by atoms with E-state index in [-0.39, 0.29) is 18.1 Å². The van der Waals surface area contributed by atoms with Crippen LogP contribution in [0.4, 0.5) is 0 Å². The topological polar surface area (TPSA) is 64.4 Å². The van der Waals surface area contributed by atoms with E-state index in [1.54, 1.807) is 0 Å². The second kappa shape index (κ2) is 5.31. The highest BCUT2D eigenvalue weighted by Gasteiger charge is 2.41. The summed E-state index contributed by atoms with van der Waals surface area (Å²) in [6, 6.07) is 7.87. The first-order valence-electron chi connectivity index (χ1n) is 7.01. The van der Waals surface area contributed by atoms with Crippen molar-refractivity contribution >= 4 is 5.91 Å². The molecule has 2 fully saturated rings. The molecular weight excluding hydrogens is 240 g/mol. The molecule has 3 unspecified atom stereocenters. The van der Waals surface area contributed by atoms with Gasteiger partial charge in [-0.3, -0.25) is 4.79 Å². The highest BCUT2D eigenvalue weighted by atomic mass is 16.5. The van der Waals surface area contributed by atoms with E-state index in [0.717, 1.165) is 25.7 Å². The van der Waals surface area contributed by atoms with Crippen LogP contribution in [0.2, 0.25) is 0 Å². The van der Waals surface area contributed by atoms with Crippen LogP contribution < -0.4 is 11.1 Å². The van der Waals surface area contributed by atoms with Crippen LogP contribution in [0, 0.1) is 0 Å². The van der Waals surface area contributed by atoms with E-state index in [1.807, 2.05) is 24.3 Å². The largest absolute Gasteiger partial charge is 0.373 e. The van der Waals surface area contributed by atoms with Gasteiger partial charge >= 0.3 is 0 Å². The fraction of sp³-hybridized carbons (Fsp3) is 0.533. The Morgan fingerprint density at radius 1 is 1.32 bits per heavy atom. The summed E-state index contributed by atoms with van der Waals surface area (Å²) in [5.74, 6) is 0.000415. The lowest BCUT2D eigenvalue weighted by Gasteiger charge is -2.20. The van der Waals surface area contributed by atoms with Gasteiger partial charge in [0.1, 0.15) is 0 Å². The molecule has 0 aliphatic carbocycles. The van der Waals surface area contributed by atoms with Gasteiger partial charge in [-0.2, -0.15) is 0 Å². The van der Waals surface area contributed by atoms with Gasteiger partial charge in [0.25, 0.3) is 5.91 Å². The van der Waals surface area contributed by atoms with Gasteiger partial charge in [0.15, 0.2) is 0 Å². The molecule has 1 aromatic carbocycles. The summed E-state index contributed by atoms with van der Waals surface area (Å²) in [4.78, 5) is 12.2. The number of amides is 1. The highest BCUT2D eigenvalue weighted by molar-refractivity contribution is 5.94. The van der Waals surface area contributed by atoms with Gasteiger partial charge in [-0.25, -0.2) is 0 Å². The van der Waals surface area contributed by atoms with Crippen molar-refractivity contribution in [3.05, 3.63) is 35.4 Å². The number of ether oxygens (including phenoxy) is 1. The molecule has 2 bridgehead atoms. The summed E-state index contributed by atoms with van der Waals surface area (Å²) in [7, 11) is 0. The van der Waals surface area contributed by atoms with Crippen LogP contribution in [-0.2, 0) is 11.2 Å². The van der Waals surface area contributed by atoms with E-state index < -0.39 is 0 Å². The van der Waals surface area contributed by atoms with E-state index in [1.165, 1.54) is 5.56 Å². The van der Waals surface area contributed by atoms with E-state index >= 15 is 0 Å². The molecule has 1 amide bonds. The average molecular weight is 260 g/mol. The molecule has 2 heterocycles. The molecule has 1 aromatic rings. The lowest BCUT2D eigenvalue weighted by atomic mass is 9.95. The van der Waals surface area contributed by atoms with Crippen molar-refractivity contribution in [3.63, 3.8) is 0 Å². The summed E-state index contributed by atoms with van der Waals surface area (Å²) >= 11 is 0. The molecule has 4 heteroatoms. The summed E-state index contributed by atoms with van der Waals surface area (Å²) in [6.45, 7) is 0.633. The predicted molar refractivity (Wildman–Crippen MR) is 73.0 cm³/mol. The van der Waals surface area contributed by atoms with Crippen LogP contribution in [0.3, 0.4) is 0 Å². The van der Waals surface area contributed by atoms with Gasteiger partial charge in [0.05, 0.1) is 18.2 Å². The lowest BCUT2D eigenvalue weighted by molar-refractivity contribution is 0.0841. The molecule has 0 spiro atoms. The Balaban J connectivity index is 1.60. The number of carbonyl (C=O) groups is 1. The van der Waals surface area contributed by atoms with Gasteiger partial charge in [0, 0.05) is 5.56 Å². The molecule has 0 aromatic heterocycles. The maximum Gasteiger partial charge on any atom is 0.251 e. The maximum atomic E-state index is 12.2. The normalized spacial score (nSPS) is 28.6. The zero-order chi connectivity index (χ0) is 13.2. The summed E-state index contributed by atoms with van der Waals surface area (Å²) < 4.78 is 5.74. The number of benzene rings is 1. The minimum Gasteiger partial charge on any atom is -0.373 e. The van der Waals surface area contributed by atoms with Gasteiger partial charge < -0.3 is 15.8 Å². The van der Waals surface area contributed by atoms with E-state index in [9.17, 15) is 4.79 Å². The Kier molecular flexibility index (Phi) is 3.53. The van der Waals surface area contributed by atoms with Gasteiger partial charge in [-0.15, -0.1) is 0 Å². The predicted octanol–water partition coefficient (Wildman–Crippen LogP) is 1.24. The molecule has 0 radical (unpaired) electrons. The van der Waals surface area contributed by atoms with Crippen molar-refractivity contribution in [2.45, 2.75) is 43.9 Å². The Morgan fingerprint density at radius 2 is 2.11 bits per heavy atom. The number of rotatable bonds is 4. The number of nitrogens with two attached hydrogens (primary N) is 1. The molecule has 0 saturated carbocycles. The zero-order valence-corrected chi connectivity index (χ0v) is 11.0. The Bertz CT molecular complexity index is 458. The van der Waals surface area contributed by atoms with Crippen LogP contribution in [0.1, 0.15) is 35.2 Å². The fourth-order valence-corrected chi connectivity index (χ4v) is 3.03. The maximum absolute atomic E-state index is 12.2. The molecule has 3 atom stereocenters. The Morgan fingerprint density at radius 3 is 2.68 bits per heavy atom. The summed E-state index contributed by atoms with van der Waals surface area (Å²) in [5.41, 5.74) is 7.39. The first-order valence-corrected chi connectivity index (χ1v) is 7.01. The minimum atomic E-state index is 0.000415. The number of hydrogen-bond donors (Lipinski definition) is 2. The Hall–Kier alpha value is -1.39. The fourth-order valence-electron chi connectivity index (χ4n) is 3.03. The minimum absolute atomic E-state index is 0.000415. The first kappa shape index (κ1) is 12.6. The van der Waals surface area contributed by atoms with Gasteiger partial charge in [-0.05, 0) is 49.9 Å². The molecular formula is C15H20N2O2. The van der Waals surface area contributed by atoms with Crippen LogP contribution in [-0.4, -0.2) is 30.7 Å². The zero-order valence-electron chi connectivity index (χ0n) is 11.0. The molecule has 2 aliphatic rings. The van der Waals surface area contributed by atoms with Gasteiger partial charge in [0.2, 0.25) is 0 Å². The second-order valence-electron chi connectivity index (χ2n) is 5.43. The third-order valence-electron chi connectivity index (χ3n) is 4.07. The SMILES string of the molecule is NCCc1ccc(C(=O)NC2CC3CCC2O3)cc1. The number of carbonyl (C=O) groups excluding carboxylic acids is 1. The summed E-state index contributed by atoms with van der Waals surface area (Å²) in [5, 5.41) is 3.09. The number of hydrogen-bond acceptors (Lipinski definition) is 3. The van der Waals surface area contributed by atoms with Crippen LogP contribution in [0.5, 0.6) is 0 Å². The molecule has 102 valence electrons. The highest BCUT2D eigenvalue weighted by Crippen LogP contribution is 2.34. The first-order chi connectivity index (χ1) is 9.26. The van der Waals surface area contributed by atoms with Crippen molar-refractivity contribution in [2.24, 2.45) is 5.73 Å². The smallest absolute Gasteiger partial charge is 0.251 e. The molecule has 2 saturated heterocycles. The molecule has 3 N–H and O–H groups in total.